The van der Waals surface area contributed by atoms with Crippen LogP contribution in [0.2, 0.25) is 0 Å². The Morgan fingerprint density at radius 1 is 1.58 bits per heavy atom. The molecule has 0 saturated heterocycles. The summed E-state index contributed by atoms with van der Waals surface area (Å²) in [5, 5.41) is 0. The van der Waals surface area contributed by atoms with Gasteiger partial charge in [-0.25, -0.2) is 0 Å². The Morgan fingerprint density at radius 3 is 2.75 bits per heavy atom. The molecule has 0 rings (SSSR count). The third-order valence-corrected chi connectivity index (χ3v) is 1.87. The second-order valence-corrected chi connectivity index (χ2v) is 3.12. The van der Waals surface area contributed by atoms with E-state index in [-0.39, 0.29) is 5.78 Å². The molecule has 0 aliphatic rings. The molecule has 0 heterocycles. The second-order valence-electron chi connectivity index (χ2n) is 3.12. The molecule has 0 aromatic carbocycles. The number of terminal acetylenes is 1. The number of hydrogen-bond acceptors (Lipinski definition) is 2. The smallest absolute Gasteiger partial charge is 0.133 e. The first-order chi connectivity index (χ1) is 5.70. The van der Waals surface area contributed by atoms with Crippen molar-refractivity contribution in [2.75, 3.05) is 6.54 Å². The van der Waals surface area contributed by atoms with E-state index < -0.39 is 0 Å². The van der Waals surface area contributed by atoms with Crippen molar-refractivity contribution in [3.8, 4) is 12.3 Å². The number of Topliss-reactive ketones (excluding diaryl/α,β-unsaturated/α-hetero) is 1. The van der Waals surface area contributed by atoms with E-state index in [9.17, 15) is 4.79 Å². The van der Waals surface area contributed by atoms with Gasteiger partial charge in [-0.15, -0.1) is 12.3 Å². The Hall–Kier alpha value is -0.810. The molecule has 0 aromatic heterocycles. The quantitative estimate of drug-likeness (QED) is 0.607. The lowest BCUT2D eigenvalue weighted by Crippen LogP contribution is -2.12. The van der Waals surface area contributed by atoms with Crippen molar-refractivity contribution in [1.82, 2.24) is 0 Å². The zero-order valence-corrected chi connectivity index (χ0v) is 7.68. The lowest BCUT2D eigenvalue weighted by Gasteiger charge is -2.05. The van der Waals surface area contributed by atoms with Crippen molar-refractivity contribution in [2.24, 2.45) is 11.7 Å². The first-order valence-corrected chi connectivity index (χ1v) is 4.36. The van der Waals surface area contributed by atoms with Crippen molar-refractivity contribution in [3.63, 3.8) is 0 Å². The number of ketones is 1. The summed E-state index contributed by atoms with van der Waals surface area (Å²) in [5.41, 5.74) is 5.41. The molecule has 2 heteroatoms. The summed E-state index contributed by atoms with van der Waals surface area (Å²) in [7, 11) is 0. The monoisotopic (exact) mass is 167 g/mol. The predicted octanol–water partition coefficient (Wildman–Crippen LogP) is 1.34. The van der Waals surface area contributed by atoms with E-state index in [4.69, 9.17) is 12.2 Å². The summed E-state index contributed by atoms with van der Waals surface area (Å²) in [6.07, 6.45) is 7.64. The van der Waals surface area contributed by atoms with E-state index >= 15 is 0 Å². The standard InChI is InChI=1S/C10H17NO/c1-3-4-5-10(12)7-6-9(2)8-11/h1,9H,4-8,11H2,2H3. The molecule has 0 spiro atoms. The van der Waals surface area contributed by atoms with Gasteiger partial charge in [-0.2, -0.15) is 0 Å². The topological polar surface area (TPSA) is 43.1 Å². The fourth-order valence-corrected chi connectivity index (χ4v) is 0.862. The number of nitrogens with two attached hydrogens (primary N) is 1. The molecular weight excluding hydrogens is 150 g/mol. The van der Waals surface area contributed by atoms with Crippen LogP contribution < -0.4 is 5.73 Å². The van der Waals surface area contributed by atoms with Crippen molar-refractivity contribution >= 4 is 5.78 Å². The van der Waals surface area contributed by atoms with Gasteiger partial charge in [0.15, 0.2) is 0 Å². The van der Waals surface area contributed by atoms with E-state index in [2.05, 4.69) is 12.8 Å². The van der Waals surface area contributed by atoms with E-state index in [1.807, 2.05) is 0 Å². The largest absolute Gasteiger partial charge is 0.330 e. The molecule has 0 aromatic rings. The van der Waals surface area contributed by atoms with Crippen LogP contribution in [0.1, 0.15) is 32.6 Å². The van der Waals surface area contributed by atoms with Gasteiger partial charge in [-0.3, -0.25) is 4.79 Å². The molecule has 68 valence electrons. The number of carbonyl (C=O) groups excluding carboxylic acids is 1. The molecule has 0 amide bonds. The fourth-order valence-electron chi connectivity index (χ4n) is 0.862. The summed E-state index contributed by atoms with van der Waals surface area (Å²) in [4.78, 5) is 11.1. The van der Waals surface area contributed by atoms with Gasteiger partial charge >= 0.3 is 0 Å². The van der Waals surface area contributed by atoms with Crippen LogP contribution >= 0.6 is 0 Å². The van der Waals surface area contributed by atoms with Gasteiger partial charge in [0.2, 0.25) is 0 Å². The lowest BCUT2D eigenvalue weighted by molar-refractivity contribution is -0.119. The maximum Gasteiger partial charge on any atom is 0.133 e. The number of carbonyl (C=O) groups is 1. The Kier molecular flexibility index (Phi) is 6.41. The minimum atomic E-state index is 0.258. The summed E-state index contributed by atoms with van der Waals surface area (Å²) in [6.45, 7) is 2.71. The van der Waals surface area contributed by atoms with Gasteiger partial charge in [0.1, 0.15) is 5.78 Å². The summed E-state index contributed by atoms with van der Waals surface area (Å²) >= 11 is 0. The maximum absolute atomic E-state index is 11.1. The highest BCUT2D eigenvalue weighted by Gasteiger charge is 2.04. The summed E-state index contributed by atoms with van der Waals surface area (Å²) in [5.74, 6) is 3.16. The molecule has 0 aliphatic carbocycles. The van der Waals surface area contributed by atoms with Gasteiger partial charge < -0.3 is 5.73 Å². The van der Waals surface area contributed by atoms with Crippen LogP contribution in [0.25, 0.3) is 0 Å². The molecule has 0 bridgehead atoms. The van der Waals surface area contributed by atoms with Gasteiger partial charge in [-0.1, -0.05) is 6.92 Å². The molecule has 0 saturated carbocycles. The van der Waals surface area contributed by atoms with Gasteiger partial charge in [-0.05, 0) is 18.9 Å². The average molecular weight is 167 g/mol. The zero-order chi connectivity index (χ0) is 9.40. The molecule has 1 atom stereocenters. The highest BCUT2D eigenvalue weighted by atomic mass is 16.1. The lowest BCUT2D eigenvalue weighted by atomic mass is 10.0. The van der Waals surface area contributed by atoms with Crippen LogP contribution in [0.4, 0.5) is 0 Å². The Labute approximate surface area is 74.5 Å². The van der Waals surface area contributed by atoms with E-state index in [1.165, 1.54) is 0 Å². The average Bonchev–Trinajstić information content (AvgIpc) is 2.10. The molecule has 0 aliphatic heterocycles. The van der Waals surface area contributed by atoms with Crippen LogP contribution in [0.3, 0.4) is 0 Å². The van der Waals surface area contributed by atoms with Crippen molar-refractivity contribution < 1.29 is 4.79 Å². The first kappa shape index (κ1) is 11.2. The van der Waals surface area contributed by atoms with Gasteiger partial charge in [0, 0.05) is 19.3 Å². The van der Waals surface area contributed by atoms with E-state index in [0.717, 1.165) is 6.42 Å². The Balaban J connectivity index is 3.38. The normalized spacial score (nSPS) is 12.1. The number of rotatable bonds is 6. The van der Waals surface area contributed by atoms with Gasteiger partial charge in [0.05, 0.1) is 0 Å². The maximum atomic E-state index is 11.1. The Bertz CT molecular complexity index is 169. The molecule has 12 heavy (non-hydrogen) atoms. The third-order valence-electron chi connectivity index (χ3n) is 1.87. The van der Waals surface area contributed by atoms with Crippen LogP contribution in [-0.2, 0) is 4.79 Å². The molecule has 1 unspecified atom stereocenters. The minimum absolute atomic E-state index is 0.258. The Morgan fingerprint density at radius 2 is 2.25 bits per heavy atom. The molecule has 2 nitrogen and oxygen atoms in total. The fraction of sp³-hybridized carbons (Fsp3) is 0.700. The van der Waals surface area contributed by atoms with E-state index in [0.29, 0.717) is 31.7 Å². The predicted molar refractivity (Wildman–Crippen MR) is 50.5 cm³/mol. The van der Waals surface area contributed by atoms with E-state index in [1.54, 1.807) is 0 Å². The molecule has 2 N–H and O–H groups in total. The SMILES string of the molecule is C#CCCC(=O)CCC(C)CN. The second kappa shape index (κ2) is 6.87. The van der Waals surface area contributed by atoms with Crippen LogP contribution in [0.5, 0.6) is 0 Å². The molecule has 0 fully saturated rings. The molecular formula is C10H17NO. The first-order valence-electron chi connectivity index (χ1n) is 4.36. The summed E-state index contributed by atoms with van der Waals surface area (Å²) < 4.78 is 0. The van der Waals surface area contributed by atoms with Crippen molar-refractivity contribution in [3.05, 3.63) is 0 Å². The van der Waals surface area contributed by atoms with Crippen LogP contribution in [0.15, 0.2) is 0 Å². The van der Waals surface area contributed by atoms with Crippen LogP contribution in [0, 0.1) is 18.3 Å². The minimum Gasteiger partial charge on any atom is -0.330 e. The third kappa shape index (κ3) is 5.94. The summed E-state index contributed by atoms with van der Waals surface area (Å²) in [6, 6.07) is 0. The zero-order valence-electron chi connectivity index (χ0n) is 7.68. The van der Waals surface area contributed by atoms with Crippen molar-refractivity contribution in [1.29, 1.82) is 0 Å². The van der Waals surface area contributed by atoms with Crippen LogP contribution in [-0.4, -0.2) is 12.3 Å². The number of hydrogen-bond donors (Lipinski definition) is 1. The van der Waals surface area contributed by atoms with Gasteiger partial charge in [0.25, 0.3) is 0 Å². The molecule has 0 radical (unpaired) electrons. The van der Waals surface area contributed by atoms with Crippen molar-refractivity contribution in [2.45, 2.75) is 32.6 Å². The highest BCUT2D eigenvalue weighted by molar-refractivity contribution is 5.78. The highest BCUT2D eigenvalue weighted by Crippen LogP contribution is 2.05.